The predicted molar refractivity (Wildman–Crippen MR) is 118 cm³/mol. The number of nitrogens with one attached hydrogen (secondary N) is 1. The Balaban J connectivity index is 2.20. The Kier molecular flexibility index (Phi) is 7.02. The van der Waals surface area contributed by atoms with Gasteiger partial charge in [-0.1, -0.05) is 111 Å². The summed E-state index contributed by atoms with van der Waals surface area (Å²) in [5.41, 5.74) is 1.21. The monoisotopic (exact) mass is 401 g/mol. The quantitative estimate of drug-likeness (QED) is 0.507. The van der Waals surface area contributed by atoms with E-state index in [2.05, 4.69) is 5.32 Å². The Morgan fingerprint density at radius 1 is 0.800 bits per heavy atom. The van der Waals surface area contributed by atoms with Crippen molar-refractivity contribution in [2.24, 2.45) is 0 Å². The SMILES string of the molecule is CCCC[C@H](NC(=O)C(c1ccccc1)(c1ccccc1)c1ccccc1)C(=O)O. The highest BCUT2D eigenvalue weighted by atomic mass is 16.4. The summed E-state index contributed by atoms with van der Waals surface area (Å²) >= 11 is 0. The van der Waals surface area contributed by atoms with E-state index in [-0.39, 0.29) is 5.91 Å². The second kappa shape index (κ2) is 9.88. The molecule has 3 aromatic carbocycles. The van der Waals surface area contributed by atoms with Crippen molar-refractivity contribution in [2.45, 2.75) is 37.6 Å². The van der Waals surface area contributed by atoms with Gasteiger partial charge in [0.05, 0.1) is 0 Å². The van der Waals surface area contributed by atoms with Crippen LogP contribution in [0.15, 0.2) is 91.0 Å². The van der Waals surface area contributed by atoms with Gasteiger partial charge in [0, 0.05) is 0 Å². The minimum Gasteiger partial charge on any atom is -0.480 e. The van der Waals surface area contributed by atoms with Crippen LogP contribution in [0.2, 0.25) is 0 Å². The summed E-state index contributed by atoms with van der Waals surface area (Å²) in [7, 11) is 0. The van der Waals surface area contributed by atoms with Crippen molar-refractivity contribution in [3.8, 4) is 0 Å². The molecule has 2 N–H and O–H groups in total. The summed E-state index contributed by atoms with van der Waals surface area (Å²) in [6.07, 6.45) is 1.99. The third-order valence-electron chi connectivity index (χ3n) is 5.41. The number of rotatable bonds is 9. The van der Waals surface area contributed by atoms with Crippen LogP contribution in [0.5, 0.6) is 0 Å². The van der Waals surface area contributed by atoms with E-state index in [1.54, 1.807) is 0 Å². The Bertz CT molecular complexity index is 859. The Morgan fingerprint density at radius 2 is 1.20 bits per heavy atom. The van der Waals surface area contributed by atoms with Gasteiger partial charge in [0.15, 0.2) is 0 Å². The van der Waals surface area contributed by atoms with E-state index in [1.807, 2.05) is 97.9 Å². The van der Waals surface area contributed by atoms with Gasteiger partial charge in [0.25, 0.3) is 0 Å². The molecule has 4 nitrogen and oxygen atoms in total. The van der Waals surface area contributed by atoms with Crippen LogP contribution < -0.4 is 5.32 Å². The number of hydrogen-bond donors (Lipinski definition) is 2. The number of carbonyl (C=O) groups excluding carboxylic acids is 1. The van der Waals surface area contributed by atoms with E-state index in [1.165, 1.54) is 0 Å². The molecule has 0 aliphatic carbocycles. The highest BCUT2D eigenvalue weighted by Gasteiger charge is 2.44. The zero-order valence-corrected chi connectivity index (χ0v) is 17.1. The molecule has 0 aliphatic heterocycles. The van der Waals surface area contributed by atoms with E-state index < -0.39 is 17.4 Å². The van der Waals surface area contributed by atoms with Gasteiger partial charge < -0.3 is 10.4 Å². The first-order chi connectivity index (χ1) is 14.6. The van der Waals surface area contributed by atoms with Crippen molar-refractivity contribution in [2.75, 3.05) is 0 Å². The lowest BCUT2D eigenvalue weighted by Crippen LogP contribution is -2.51. The van der Waals surface area contributed by atoms with Crippen LogP contribution in [-0.2, 0) is 15.0 Å². The molecule has 3 aromatic rings. The summed E-state index contributed by atoms with van der Waals surface area (Å²) in [6.45, 7) is 2.00. The van der Waals surface area contributed by atoms with Gasteiger partial charge >= 0.3 is 5.97 Å². The van der Waals surface area contributed by atoms with Crippen LogP contribution in [0.4, 0.5) is 0 Å². The summed E-state index contributed by atoms with van der Waals surface area (Å²) in [4.78, 5) is 25.8. The molecule has 154 valence electrons. The first-order valence-corrected chi connectivity index (χ1v) is 10.3. The molecule has 0 bridgehead atoms. The predicted octanol–water partition coefficient (Wildman–Crippen LogP) is 4.78. The van der Waals surface area contributed by atoms with Gasteiger partial charge in [-0.2, -0.15) is 0 Å². The number of benzene rings is 3. The fourth-order valence-electron chi connectivity index (χ4n) is 3.89. The Labute approximate surface area is 177 Å². The zero-order valence-electron chi connectivity index (χ0n) is 17.1. The molecule has 0 unspecified atom stereocenters. The fraction of sp³-hybridized carbons (Fsp3) is 0.231. The van der Waals surface area contributed by atoms with Crippen LogP contribution in [0.1, 0.15) is 42.9 Å². The number of carboxylic acid groups (broad SMARTS) is 1. The van der Waals surface area contributed by atoms with E-state index >= 15 is 0 Å². The van der Waals surface area contributed by atoms with Crippen molar-refractivity contribution < 1.29 is 14.7 Å². The molecular formula is C26H27NO3. The largest absolute Gasteiger partial charge is 0.480 e. The average Bonchev–Trinajstić information content (AvgIpc) is 2.79. The Morgan fingerprint density at radius 3 is 1.53 bits per heavy atom. The van der Waals surface area contributed by atoms with Crippen molar-refractivity contribution >= 4 is 11.9 Å². The van der Waals surface area contributed by atoms with Gasteiger partial charge in [0.1, 0.15) is 11.5 Å². The van der Waals surface area contributed by atoms with Crippen molar-refractivity contribution in [3.05, 3.63) is 108 Å². The van der Waals surface area contributed by atoms with Gasteiger partial charge in [-0.05, 0) is 23.1 Å². The molecule has 30 heavy (non-hydrogen) atoms. The van der Waals surface area contributed by atoms with E-state index in [9.17, 15) is 14.7 Å². The van der Waals surface area contributed by atoms with Crippen molar-refractivity contribution in [3.63, 3.8) is 0 Å². The minimum atomic E-state index is -1.16. The lowest BCUT2D eigenvalue weighted by atomic mass is 9.68. The number of hydrogen-bond acceptors (Lipinski definition) is 2. The first kappa shape index (κ1) is 21.3. The maximum absolute atomic E-state index is 14.0. The molecule has 0 saturated carbocycles. The number of unbranched alkanes of at least 4 members (excludes halogenated alkanes) is 1. The van der Waals surface area contributed by atoms with Crippen LogP contribution in [0.3, 0.4) is 0 Å². The molecule has 0 spiro atoms. The molecule has 3 rings (SSSR count). The molecule has 1 atom stereocenters. The smallest absolute Gasteiger partial charge is 0.326 e. The molecule has 0 aromatic heterocycles. The van der Waals surface area contributed by atoms with Crippen LogP contribution in [0.25, 0.3) is 0 Å². The van der Waals surface area contributed by atoms with Crippen LogP contribution in [-0.4, -0.2) is 23.0 Å². The molecule has 4 heteroatoms. The van der Waals surface area contributed by atoms with Crippen molar-refractivity contribution in [1.29, 1.82) is 0 Å². The van der Waals surface area contributed by atoms with Gasteiger partial charge in [-0.15, -0.1) is 0 Å². The van der Waals surface area contributed by atoms with E-state index in [0.717, 1.165) is 29.5 Å². The number of amides is 1. The lowest BCUT2D eigenvalue weighted by Gasteiger charge is -2.35. The number of carbonyl (C=O) groups is 2. The number of carboxylic acids is 1. The summed E-state index contributed by atoms with van der Waals surface area (Å²) < 4.78 is 0. The third kappa shape index (κ3) is 4.28. The summed E-state index contributed by atoms with van der Waals surface area (Å²) in [5.74, 6) is -1.35. The van der Waals surface area contributed by atoms with Gasteiger partial charge in [-0.25, -0.2) is 4.79 Å². The summed E-state index contributed by atoms with van der Waals surface area (Å²) in [5, 5.41) is 12.6. The lowest BCUT2D eigenvalue weighted by molar-refractivity contribution is -0.142. The second-order valence-electron chi connectivity index (χ2n) is 7.35. The average molecular weight is 402 g/mol. The van der Waals surface area contributed by atoms with Crippen LogP contribution >= 0.6 is 0 Å². The molecular weight excluding hydrogens is 374 g/mol. The first-order valence-electron chi connectivity index (χ1n) is 10.3. The molecule has 0 heterocycles. The highest BCUT2D eigenvalue weighted by molar-refractivity contribution is 5.98. The molecule has 0 fully saturated rings. The molecule has 0 aliphatic rings. The Hall–Kier alpha value is -3.40. The second-order valence-corrected chi connectivity index (χ2v) is 7.35. The third-order valence-corrected chi connectivity index (χ3v) is 5.41. The van der Waals surface area contributed by atoms with Crippen molar-refractivity contribution in [1.82, 2.24) is 5.32 Å². The normalized spacial score (nSPS) is 12.2. The zero-order chi connectivity index (χ0) is 21.4. The maximum atomic E-state index is 14.0. The topological polar surface area (TPSA) is 66.4 Å². The summed E-state index contributed by atoms with van der Waals surface area (Å²) in [6, 6.07) is 27.7. The number of aliphatic carboxylic acids is 1. The standard InChI is InChI=1S/C26H27NO3/c1-2-3-19-23(24(28)29)27-25(30)26(20-13-7-4-8-14-20,21-15-9-5-10-16-21)22-17-11-6-12-18-22/h4-18,23H,2-3,19H2,1H3,(H,27,30)(H,28,29)/t23-/m0/s1. The van der Waals surface area contributed by atoms with E-state index in [0.29, 0.717) is 6.42 Å². The molecule has 1 amide bonds. The molecule has 0 radical (unpaired) electrons. The van der Waals surface area contributed by atoms with E-state index in [4.69, 9.17) is 0 Å². The highest BCUT2D eigenvalue weighted by Crippen LogP contribution is 2.39. The fourth-order valence-corrected chi connectivity index (χ4v) is 3.89. The maximum Gasteiger partial charge on any atom is 0.326 e. The molecule has 0 saturated heterocycles. The van der Waals surface area contributed by atoms with Gasteiger partial charge in [0.2, 0.25) is 5.91 Å². The van der Waals surface area contributed by atoms with Gasteiger partial charge in [-0.3, -0.25) is 4.79 Å². The minimum absolute atomic E-state index is 0.338. The van der Waals surface area contributed by atoms with Crippen LogP contribution in [0, 0.1) is 0 Å².